The van der Waals surface area contributed by atoms with Crippen LogP contribution >= 0.6 is 0 Å². The third-order valence-electron chi connectivity index (χ3n) is 4.84. The fourth-order valence-corrected chi connectivity index (χ4v) is 3.56. The van der Waals surface area contributed by atoms with Gasteiger partial charge in [0, 0.05) is 17.7 Å². The molecule has 3 N–H and O–H groups in total. The second kappa shape index (κ2) is 5.65. The minimum Gasteiger partial charge on any atom is -0.485 e. The summed E-state index contributed by atoms with van der Waals surface area (Å²) in [7, 11) is 0. The molecule has 2 atom stereocenters. The molecule has 3 rings (SSSR count). The molecular weight excluding hydrogens is 298 g/mol. The van der Waals surface area contributed by atoms with Crippen molar-refractivity contribution in [3.8, 4) is 5.75 Å². The predicted molar refractivity (Wildman–Crippen MR) is 86.4 cm³/mol. The molecule has 0 radical (unpaired) electrons. The number of aliphatic hydroxyl groups is 1. The topological polar surface area (TPSA) is 102 Å². The molecule has 1 aromatic rings. The van der Waals surface area contributed by atoms with E-state index < -0.39 is 16.6 Å². The van der Waals surface area contributed by atoms with Crippen LogP contribution < -0.4 is 10.5 Å². The van der Waals surface area contributed by atoms with Crippen LogP contribution in [0.3, 0.4) is 0 Å². The molecule has 2 aliphatic rings. The highest BCUT2D eigenvalue weighted by Crippen LogP contribution is 2.46. The van der Waals surface area contributed by atoms with Gasteiger partial charge in [-0.15, -0.1) is 0 Å². The molecule has 2 heterocycles. The van der Waals surface area contributed by atoms with Gasteiger partial charge < -0.3 is 15.6 Å². The van der Waals surface area contributed by atoms with Crippen molar-refractivity contribution in [3.05, 3.63) is 27.8 Å². The Bertz CT molecular complexity index is 626. The van der Waals surface area contributed by atoms with Crippen LogP contribution in [0.15, 0.2) is 12.1 Å². The Hall–Kier alpha value is -1.86. The number of nitrogens with zero attached hydrogens (tertiary/aromatic N) is 2. The average molecular weight is 321 g/mol. The molecule has 1 fully saturated rings. The number of anilines is 1. The number of nitrogen functional groups attached to an aromatic ring is 1. The average Bonchev–Trinajstić information content (AvgIpc) is 2.48. The lowest BCUT2D eigenvalue weighted by Gasteiger charge is -2.47. The van der Waals surface area contributed by atoms with Crippen LogP contribution in [-0.2, 0) is 0 Å². The number of aliphatic hydroxyl groups excluding tert-OH is 1. The van der Waals surface area contributed by atoms with E-state index in [0.29, 0.717) is 11.3 Å². The second-order valence-electron chi connectivity index (χ2n) is 6.90. The molecule has 0 unspecified atom stereocenters. The van der Waals surface area contributed by atoms with Gasteiger partial charge in [0.25, 0.3) is 5.69 Å². The normalized spacial score (nSPS) is 27.1. The summed E-state index contributed by atoms with van der Waals surface area (Å²) in [5.74, 6) is 0.527. The number of nitro groups is 1. The number of ether oxygens (including phenoxy) is 1. The molecule has 23 heavy (non-hydrogen) atoms. The van der Waals surface area contributed by atoms with Crippen LogP contribution in [0.5, 0.6) is 5.75 Å². The first kappa shape index (κ1) is 16.0. The standard InChI is InChI=1S/C16H23N3O4/c1-16(2)15(20)14(18-6-4-3-5-7-18)10-8-12(19(21)22)11(17)9-13(10)23-16/h8-9,14-15,20H,3-7,17H2,1-2H3/t14-,15+/m1/s1. The lowest BCUT2D eigenvalue weighted by atomic mass is 9.84. The zero-order chi connectivity index (χ0) is 16.8. The molecule has 0 aliphatic carbocycles. The Balaban J connectivity index is 2.11. The van der Waals surface area contributed by atoms with Crippen molar-refractivity contribution in [2.75, 3.05) is 18.8 Å². The summed E-state index contributed by atoms with van der Waals surface area (Å²) in [5, 5.41) is 22.0. The minimum atomic E-state index is -0.780. The summed E-state index contributed by atoms with van der Waals surface area (Å²) in [6.07, 6.45) is 2.54. The zero-order valence-electron chi connectivity index (χ0n) is 13.5. The van der Waals surface area contributed by atoms with Gasteiger partial charge in [-0.25, -0.2) is 0 Å². The Morgan fingerprint density at radius 2 is 2.00 bits per heavy atom. The summed E-state index contributed by atoms with van der Waals surface area (Å²) >= 11 is 0. The monoisotopic (exact) mass is 321 g/mol. The molecular formula is C16H23N3O4. The molecule has 7 heteroatoms. The summed E-state index contributed by atoms with van der Waals surface area (Å²) in [6, 6.07) is 2.66. The summed E-state index contributed by atoms with van der Waals surface area (Å²) < 4.78 is 5.89. The minimum absolute atomic E-state index is 0.0818. The Morgan fingerprint density at radius 3 is 2.61 bits per heavy atom. The number of hydrogen-bond donors (Lipinski definition) is 2. The zero-order valence-corrected chi connectivity index (χ0v) is 13.5. The molecule has 0 spiro atoms. The highest BCUT2D eigenvalue weighted by molar-refractivity contribution is 5.65. The van der Waals surface area contributed by atoms with E-state index in [1.165, 1.54) is 18.6 Å². The molecule has 1 aromatic carbocycles. The maximum atomic E-state index is 11.2. The number of piperidine rings is 1. The smallest absolute Gasteiger partial charge is 0.292 e. The van der Waals surface area contributed by atoms with E-state index in [9.17, 15) is 15.2 Å². The van der Waals surface area contributed by atoms with Crippen molar-refractivity contribution in [1.82, 2.24) is 4.90 Å². The highest BCUT2D eigenvalue weighted by atomic mass is 16.6. The summed E-state index contributed by atoms with van der Waals surface area (Å²) in [6.45, 7) is 5.40. The van der Waals surface area contributed by atoms with E-state index in [2.05, 4.69) is 4.90 Å². The van der Waals surface area contributed by atoms with Crippen LogP contribution in [0, 0.1) is 10.1 Å². The van der Waals surface area contributed by atoms with E-state index in [1.54, 1.807) is 0 Å². The molecule has 0 bridgehead atoms. The largest absolute Gasteiger partial charge is 0.485 e. The molecule has 0 aromatic heterocycles. The van der Waals surface area contributed by atoms with E-state index in [4.69, 9.17) is 10.5 Å². The number of likely N-dealkylation sites (tertiary alicyclic amines) is 1. The Kier molecular flexibility index (Phi) is 3.93. The third kappa shape index (κ3) is 2.74. The fourth-order valence-electron chi connectivity index (χ4n) is 3.56. The molecule has 1 saturated heterocycles. The molecule has 0 saturated carbocycles. The van der Waals surface area contributed by atoms with E-state index in [1.807, 2.05) is 13.8 Å². The SMILES string of the molecule is CC1(C)Oc2cc(N)c([N+](=O)[O-])cc2[C@@H](N2CCCCC2)[C@@H]1O. The molecule has 7 nitrogen and oxygen atoms in total. The first-order valence-electron chi connectivity index (χ1n) is 8.00. The van der Waals surface area contributed by atoms with Gasteiger partial charge >= 0.3 is 0 Å². The van der Waals surface area contributed by atoms with Crippen LogP contribution in [-0.4, -0.2) is 39.7 Å². The van der Waals surface area contributed by atoms with Crippen LogP contribution in [0.2, 0.25) is 0 Å². The fraction of sp³-hybridized carbons (Fsp3) is 0.625. The maximum Gasteiger partial charge on any atom is 0.292 e. The van der Waals surface area contributed by atoms with Gasteiger partial charge in [-0.05, 0) is 39.8 Å². The first-order chi connectivity index (χ1) is 10.8. The number of benzene rings is 1. The molecule has 0 amide bonds. The lowest BCUT2D eigenvalue weighted by Crippen LogP contribution is -2.54. The van der Waals surface area contributed by atoms with Gasteiger partial charge in [0.15, 0.2) is 0 Å². The van der Waals surface area contributed by atoms with E-state index in [-0.39, 0.29) is 17.4 Å². The van der Waals surface area contributed by atoms with Crippen molar-refractivity contribution in [2.45, 2.75) is 50.9 Å². The summed E-state index contributed by atoms with van der Waals surface area (Å²) in [5.41, 5.74) is 5.61. The second-order valence-corrected chi connectivity index (χ2v) is 6.90. The van der Waals surface area contributed by atoms with Crippen LogP contribution in [0.4, 0.5) is 11.4 Å². The van der Waals surface area contributed by atoms with Gasteiger partial charge in [-0.1, -0.05) is 6.42 Å². The number of hydrogen-bond acceptors (Lipinski definition) is 6. The Morgan fingerprint density at radius 1 is 1.35 bits per heavy atom. The number of nitrogens with two attached hydrogens (primary N) is 1. The highest BCUT2D eigenvalue weighted by Gasteiger charge is 2.46. The van der Waals surface area contributed by atoms with E-state index in [0.717, 1.165) is 25.9 Å². The van der Waals surface area contributed by atoms with Gasteiger partial charge in [0.2, 0.25) is 0 Å². The quantitative estimate of drug-likeness (QED) is 0.492. The van der Waals surface area contributed by atoms with Gasteiger partial charge in [0.05, 0.1) is 11.0 Å². The number of rotatable bonds is 2. The van der Waals surface area contributed by atoms with Crippen molar-refractivity contribution in [3.63, 3.8) is 0 Å². The third-order valence-corrected chi connectivity index (χ3v) is 4.84. The Labute approximate surface area is 135 Å². The summed E-state index contributed by atoms with van der Waals surface area (Å²) in [4.78, 5) is 12.9. The van der Waals surface area contributed by atoms with E-state index >= 15 is 0 Å². The van der Waals surface area contributed by atoms with Gasteiger partial charge in [0.1, 0.15) is 23.1 Å². The first-order valence-corrected chi connectivity index (χ1v) is 8.00. The molecule has 126 valence electrons. The maximum absolute atomic E-state index is 11.2. The van der Waals surface area contributed by atoms with Crippen LogP contribution in [0.1, 0.15) is 44.7 Å². The predicted octanol–water partition coefficient (Wildman–Crippen LogP) is 2.24. The number of nitro benzene ring substituents is 1. The van der Waals surface area contributed by atoms with Gasteiger partial charge in [-0.3, -0.25) is 15.0 Å². The van der Waals surface area contributed by atoms with Crippen molar-refractivity contribution >= 4 is 11.4 Å². The van der Waals surface area contributed by atoms with Crippen molar-refractivity contribution < 1.29 is 14.8 Å². The molecule has 2 aliphatic heterocycles. The van der Waals surface area contributed by atoms with Crippen molar-refractivity contribution in [1.29, 1.82) is 0 Å². The van der Waals surface area contributed by atoms with Crippen molar-refractivity contribution in [2.24, 2.45) is 0 Å². The lowest BCUT2D eigenvalue weighted by molar-refractivity contribution is -0.384. The van der Waals surface area contributed by atoms with Gasteiger partial charge in [-0.2, -0.15) is 0 Å². The van der Waals surface area contributed by atoms with Crippen LogP contribution in [0.25, 0.3) is 0 Å². The number of fused-ring (bicyclic) bond motifs is 1.